The van der Waals surface area contributed by atoms with Crippen LogP contribution in [0.3, 0.4) is 0 Å². The molecule has 1 saturated heterocycles. The first-order valence-electron chi connectivity index (χ1n) is 6.51. The topological polar surface area (TPSA) is 66.8 Å². The van der Waals surface area contributed by atoms with Gasteiger partial charge in [0.25, 0.3) is 5.91 Å². The molecule has 5 nitrogen and oxygen atoms in total. The summed E-state index contributed by atoms with van der Waals surface area (Å²) in [6.45, 7) is 2.20. The number of rotatable bonds is 4. The lowest BCUT2D eigenvalue weighted by molar-refractivity contribution is -0.142. The fourth-order valence-electron chi connectivity index (χ4n) is 2.23. The molecule has 0 aromatic heterocycles. The largest absolute Gasteiger partial charge is 0.481 e. The van der Waals surface area contributed by atoms with E-state index in [1.165, 1.54) is 23.1 Å². The number of likely N-dealkylation sites (tertiary alicyclic amines) is 1. The molecule has 2 atom stereocenters. The van der Waals surface area contributed by atoms with Gasteiger partial charge in [-0.05, 0) is 47.5 Å². The molecule has 0 aliphatic carbocycles. The lowest BCUT2D eigenvalue weighted by Gasteiger charge is -2.22. The molecule has 1 N–H and O–H groups in total. The van der Waals surface area contributed by atoms with Gasteiger partial charge in [0.2, 0.25) is 0 Å². The number of halogens is 2. The maximum Gasteiger partial charge on any atom is 0.308 e. The van der Waals surface area contributed by atoms with Gasteiger partial charge in [-0.25, -0.2) is 4.39 Å². The molecular weight excluding hydrogens is 345 g/mol. The minimum Gasteiger partial charge on any atom is -0.481 e. The van der Waals surface area contributed by atoms with Crippen molar-refractivity contribution in [1.29, 1.82) is 0 Å². The molecule has 1 amide bonds. The number of carbonyl (C=O) groups is 2. The van der Waals surface area contributed by atoms with Crippen molar-refractivity contribution in [2.24, 2.45) is 5.92 Å². The summed E-state index contributed by atoms with van der Waals surface area (Å²) < 4.78 is 18.9. The molecule has 0 bridgehead atoms. The van der Waals surface area contributed by atoms with Gasteiger partial charge < -0.3 is 14.7 Å². The molecule has 0 spiro atoms. The van der Waals surface area contributed by atoms with E-state index >= 15 is 0 Å². The summed E-state index contributed by atoms with van der Waals surface area (Å²) in [7, 11) is 0. The van der Waals surface area contributed by atoms with Crippen molar-refractivity contribution in [3.8, 4) is 5.75 Å². The van der Waals surface area contributed by atoms with Crippen molar-refractivity contribution in [2.45, 2.75) is 19.4 Å². The number of hydrogen-bond donors (Lipinski definition) is 1. The van der Waals surface area contributed by atoms with Crippen LogP contribution in [0.4, 0.5) is 4.39 Å². The second-order valence-electron chi connectivity index (χ2n) is 4.94. The van der Waals surface area contributed by atoms with Crippen molar-refractivity contribution in [2.75, 3.05) is 13.1 Å². The van der Waals surface area contributed by atoms with E-state index in [2.05, 4.69) is 15.9 Å². The summed E-state index contributed by atoms with van der Waals surface area (Å²) in [4.78, 5) is 24.6. The van der Waals surface area contributed by atoms with Gasteiger partial charge in [-0.3, -0.25) is 9.59 Å². The number of amides is 1. The first-order valence-corrected chi connectivity index (χ1v) is 7.31. The van der Waals surface area contributed by atoms with Gasteiger partial charge in [-0.1, -0.05) is 0 Å². The van der Waals surface area contributed by atoms with E-state index in [0.717, 1.165) is 0 Å². The number of ether oxygens (including phenoxy) is 1. The predicted octanol–water partition coefficient (Wildman–Crippen LogP) is 2.29. The van der Waals surface area contributed by atoms with Crippen LogP contribution in [-0.2, 0) is 9.59 Å². The summed E-state index contributed by atoms with van der Waals surface area (Å²) in [6, 6.07) is 3.93. The summed E-state index contributed by atoms with van der Waals surface area (Å²) in [5, 5.41) is 8.94. The summed E-state index contributed by atoms with van der Waals surface area (Å²) >= 11 is 3.17. The Morgan fingerprint density at radius 2 is 2.24 bits per heavy atom. The number of carbonyl (C=O) groups excluding carboxylic acids is 1. The van der Waals surface area contributed by atoms with E-state index in [4.69, 9.17) is 9.84 Å². The zero-order valence-corrected chi connectivity index (χ0v) is 13.0. The van der Waals surface area contributed by atoms with Crippen molar-refractivity contribution >= 4 is 27.8 Å². The van der Waals surface area contributed by atoms with Gasteiger partial charge >= 0.3 is 5.97 Å². The molecule has 1 fully saturated rings. The van der Waals surface area contributed by atoms with Crippen molar-refractivity contribution in [1.82, 2.24) is 4.90 Å². The summed E-state index contributed by atoms with van der Waals surface area (Å²) in [6.07, 6.45) is -0.312. The minimum absolute atomic E-state index is 0.201. The Balaban J connectivity index is 1.98. The number of nitrogens with zero attached hydrogens (tertiary/aromatic N) is 1. The maximum absolute atomic E-state index is 13.0. The Morgan fingerprint density at radius 1 is 1.52 bits per heavy atom. The molecule has 21 heavy (non-hydrogen) atoms. The van der Waals surface area contributed by atoms with Crippen LogP contribution >= 0.6 is 15.9 Å². The third-order valence-electron chi connectivity index (χ3n) is 3.39. The zero-order chi connectivity index (χ0) is 15.6. The first kappa shape index (κ1) is 15.8. The van der Waals surface area contributed by atoms with E-state index in [-0.39, 0.29) is 12.5 Å². The van der Waals surface area contributed by atoms with Gasteiger partial charge in [0.15, 0.2) is 6.10 Å². The van der Waals surface area contributed by atoms with Crippen LogP contribution in [0.5, 0.6) is 5.75 Å². The average molecular weight is 360 g/mol. The Kier molecular flexibility index (Phi) is 4.82. The van der Waals surface area contributed by atoms with E-state index in [1.54, 1.807) is 6.92 Å². The fourth-order valence-corrected chi connectivity index (χ4v) is 2.68. The minimum atomic E-state index is -0.889. The standard InChI is InChI=1S/C14H15BrFNO4/c1-8(21-12-3-2-10(16)6-11(12)15)13(18)17-5-4-9(7-17)14(19)20/h2-3,6,8-9H,4-5,7H2,1H3,(H,19,20)/t8-,9-/m0/s1. The van der Waals surface area contributed by atoms with Crippen LogP contribution in [0.1, 0.15) is 13.3 Å². The maximum atomic E-state index is 13.0. The SMILES string of the molecule is C[C@H](Oc1ccc(F)cc1Br)C(=O)N1CC[C@H](C(=O)O)C1. The molecule has 0 radical (unpaired) electrons. The molecule has 1 aromatic carbocycles. The summed E-state index contributed by atoms with van der Waals surface area (Å²) in [5.74, 6) is -1.71. The van der Waals surface area contributed by atoms with E-state index in [9.17, 15) is 14.0 Å². The van der Waals surface area contributed by atoms with Gasteiger partial charge in [0.05, 0.1) is 10.4 Å². The molecule has 1 aliphatic rings. The molecule has 114 valence electrons. The van der Waals surface area contributed by atoms with Gasteiger partial charge in [-0.2, -0.15) is 0 Å². The third-order valence-corrected chi connectivity index (χ3v) is 4.01. The van der Waals surface area contributed by atoms with Gasteiger partial charge in [0.1, 0.15) is 11.6 Å². The predicted molar refractivity (Wildman–Crippen MR) is 76.5 cm³/mol. The quantitative estimate of drug-likeness (QED) is 0.895. The molecule has 0 unspecified atom stereocenters. The second-order valence-corrected chi connectivity index (χ2v) is 5.80. The molecule has 0 saturated carbocycles. The van der Waals surface area contributed by atoms with E-state index in [1.807, 2.05) is 0 Å². The fraction of sp³-hybridized carbons (Fsp3) is 0.429. The molecule has 1 heterocycles. The Morgan fingerprint density at radius 3 is 2.81 bits per heavy atom. The number of aliphatic carboxylic acids is 1. The van der Waals surface area contributed by atoms with Crippen LogP contribution < -0.4 is 4.74 Å². The van der Waals surface area contributed by atoms with Crippen molar-refractivity contribution in [3.63, 3.8) is 0 Å². The highest BCUT2D eigenvalue weighted by atomic mass is 79.9. The number of hydrogen-bond acceptors (Lipinski definition) is 3. The first-order chi connectivity index (χ1) is 9.88. The highest BCUT2D eigenvalue weighted by molar-refractivity contribution is 9.10. The zero-order valence-electron chi connectivity index (χ0n) is 11.4. The van der Waals surface area contributed by atoms with Crippen LogP contribution in [-0.4, -0.2) is 41.1 Å². The number of carboxylic acids is 1. The summed E-state index contributed by atoms with van der Waals surface area (Å²) in [5.41, 5.74) is 0. The number of benzene rings is 1. The van der Waals surface area contributed by atoms with Crippen LogP contribution in [0, 0.1) is 11.7 Å². The Hall–Kier alpha value is -1.63. The lowest BCUT2D eigenvalue weighted by Crippen LogP contribution is -2.39. The average Bonchev–Trinajstić information content (AvgIpc) is 2.90. The smallest absolute Gasteiger partial charge is 0.308 e. The molecule has 7 heteroatoms. The van der Waals surface area contributed by atoms with Crippen molar-refractivity contribution in [3.05, 3.63) is 28.5 Å². The van der Waals surface area contributed by atoms with Gasteiger partial charge in [-0.15, -0.1) is 0 Å². The highest BCUT2D eigenvalue weighted by Crippen LogP contribution is 2.27. The monoisotopic (exact) mass is 359 g/mol. The van der Waals surface area contributed by atoms with Crippen LogP contribution in [0.25, 0.3) is 0 Å². The van der Waals surface area contributed by atoms with E-state index < -0.39 is 23.8 Å². The third kappa shape index (κ3) is 3.72. The van der Waals surface area contributed by atoms with E-state index in [0.29, 0.717) is 23.2 Å². The molecular formula is C14H15BrFNO4. The lowest BCUT2D eigenvalue weighted by atomic mass is 10.1. The Bertz CT molecular complexity index is 566. The molecule has 1 aromatic rings. The van der Waals surface area contributed by atoms with Crippen molar-refractivity contribution < 1.29 is 23.8 Å². The highest BCUT2D eigenvalue weighted by Gasteiger charge is 2.33. The second kappa shape index (κ2) is 6.43. The normalized spacial score (nSPS) is 19.4. The Labute approximate surface area is 129 Å². The number of carboxylic acid groups (broad SMARTS) is 1. The molecule has 2 rings (SSSR count). The van der Waals surface area contributed by atoms with Crippen LogP contribution in [0.15, 0.2) is 22.7 Å². The van der Waals surface area contributed by atoms with Crippen LogP contribution in [0.2, 0.25) is 0 Å². The van der Waals surface area contributed by atoms with Gasteiger partial charge in [0, 0.05) is 13.1 Å². The molecule has 1 aliphatic heterocycles.